The molecule has 2 aromatic carbocycles. The molecule has 0 N–H and O–H groups in total. The van der Waals surface area contributed by atoms with Crippen molar-refractivity contribution < 1.29 is 47.8 Å². The number of nitriles is 1. The quantitative estimate of drug-likeness (QED) is 0.228. The third kappa shape index (κ3) is 6.19. The second kappa shape index (κ2) is 13.2. The first-order valence-corrected chi connectivity index (χ1v) is 16.0. The Balaban J connectivity index is 1.04. The van der Waals surface area contributed by atoms with Crippen molar-refractivity contribution in [3.05, 3.63) is 59.7 Å². The van der Waals surface area contributed by atoms with Crippen LogP contribution in [-0.4, -0.2) is 43.0 Å². The van der Waals surface area contributed by atoms with Crippen LogP contribution in [0.5, 0.6) is 11.5 Å². The fourth-order valence-corrected chi connectivity index (χ4v) is 7.46. The van der Waals surface area contributed by atoms with Crippen molar-refractivity contribution in [1.82, 2.24) is 0 Å². The number of fused-ring (bicyclic) bond motifs is 2. The molecule has 7 rings (SSSR count). The Bertz CT molecular complexity index is 1460. The molecule has 0 amide bonds. The van der Waals surface area contributed by atoms with Gasteiger partial charge in [0.05, 0.1) is 20.0 Å². The number of esters is 2. The van der Waals surface area contributed by atoms with Gasteiger partial charge in [-0.1, -0.05) is 50.2 Å². The predicted octanol–water partition coefficient (Wildman–Crippen LogP) is 5.91. The fraction of sp³-hybridized carbons (Fsp3) is 0.571. The molecule has 4 unspecified atom stereocenters. The fourth-order valence-electron chi connectivity index (χ4n) is 7.46. The monoisotopic (exact) mass is 635 g/mol. The van der Waals surface area contributed by atoms with Crippen molar-refractivity contribution >= 4 is 11.9 Å². The van der Waals surface area contributed by atoms with Gasteiger partial charge >= 0.3 is 11.9 Å². The number of benzene rings is 2. The predicted molar refractivity (Wildman–Crippen MR) is 160 cm³/mol. The molecule has 11 heteroatoms. The SMILES string of the molecule is COc1cc(C(C#N)OC(=O)CCC(=O)OC2O[C@@H]3O[C@@]4(C)CC[C@H]5[C@H](C)CCC([C@H]2C)C35OO4)ccc1OCc1ccccc1. The van der Waals surface area contributed by atoms with Crippen molar-refractivity contribution in [3.8, 4) is 17.6 Å². The number of carbonyl (C=O) groups excluding carboxylic acids is 2. The molecular formula is C35H41NO10. The summed E-state index contributed by atoms with van der Waals surface area (Å²) < 4.78 is 35.1. The number of methoxy groups -OCH3 is 1. The van der Waals surface area contributed by atoms with E-state index in [2.05, 4.69) is 6.92 Å². The van der Waals surface area contributed by atoms with E-state index in [0.717, 1.165) is 24.8 Å². The molecule has 4 aliphatic heterocycles. The highest BCUT2D eigenvalue weighted by atomic mass is 17.3. The van der Waals surface area contributed by atoms with Crippen molar-refractivity contribution in [1.29, 1.82) is 5.26 Å². The van der Waals surface area contributed by atoms with E-state index >= 15 is 0 Å². The van der Waals surface area contributed by atoms with E-state index in [1.807, 2.05) is 50.2 Å². The van der Waals surface area contributed by atoms with Gasteiger partial charge in [-0.2, -0.15) is 5.26 Å². The van der Waals surface area contributed by atoms with Gasteiger partial charge in [-0.05, 0) is 55.7 Å². The van der Waals surface area contributed by atoms with Crippen LogP contribution in [0.3, 0.4) is 0 Å². The van der Waals surface area contributed by atoms with E-state index in [0.29, 0.717) is 36.0 Å². The first-order chi connectivity index (χ1) is 22.2. The third-order valence-electron chi connectivity index (χ3n) is 9.97. The van der Waals surface area contributed by atoms with Crippen LogP contribution < -0.4 is 9.47 Å². The Labute approximate surface area is 268 Å². The second-order valence-electron chi connectivity index (χ2n) is 12.9. The van der Waals surface area contributed by atoms with Crippen molar-refractivity contribution in [2.24, 2.45) is 23.7 Å². The zero-order valence-electron chi connectivity index (χ0n) is 26.6. The lowest BCUT2D eigenvalue weighted by Gasteiger charge is -2.59. The van der Waals surface area contributed by atoms with Crippen molar-refractivity contribution in [2.45, 2.75) is 96.0 Å². The average molecular weight is 636 g/mol. The molecule has 46 heavy (non-hydrogen) atoms. The van der Waals surface area contributed by atoms with Gasteiger partial charge < -0.3 is 28.4 Å². The summed E-state index contributed by atoms with van der Waals surface area (Å²) in [6.07, 6.45) is 0.147. The van der Waals surface area contributed by atoms with Crippen LogP contribution in [0.1, 0.15) is 76.5 Å². The number of hydrogen-bond donors (Lipinski definition) is 0. The number of hydrogen-bond acceptors (Lipinski definition) is 11. The minimum absolute atomic E-state index is 0.00127. The summed E-state index contributed by atoms with van der Waals surface area (Å²) in [4.78, 5) is 37.6. The highest BCUT2D eigenvalue weighted by molar-refractivity contribution is 5.78. The van der Waals surface area contributed by atoms with Gasteiger partial charge in [0.1, 0.15) is 12.7 Å². The normalized spacial score (nSPS) is 33.5. The van der Waals surface area contributed by atoms with Gasteiger partial charge in [0, 0.05) is 23.8 Å². The molecule has 4 heterocycles. The summed E-state index contributed by atoms with van der Waals surface area (Å²) in [5.74, 6) is -0.953. The Morgan fingerprint density at radius 3 is 2.54 bits per heavy atom. The molecule has 1 spiro atoms. The van der Waals surface area contributed by atoms with Crippen molar-refractivity contribution in [2.75, 3.05) is 7.11 Å². The second-order valence-corrected chi connectivity index (χ2v) is 12.9. The van der Waals surface area contributed by atoms with Crippen molar-refractivity contribution in [3.63, 3.8) is 0 Å². The third-order valence-corrected chi connectivity index (χ3v) is 9.97. The Kier molecular flexibility index (Phi) is 9.26. The van der Waals surface area contributed by atoms with Crippen LogP contribution in [0.4, 0.5) is 0 Å². The minimum Gasteiger partial charge on any atom is -0.493 e. The van der Waals surface area contributed by atoms with E-state index in [-0.39, 0.29) is 30.6 Å². The van der Waals surface area contributed by atoms with E-state index in [1.54, 1.807) is 18.2 Å². The van der Waals surface area contributed by atoms with Gasteiger partial charge in [-0.3, -0.25) is 9.59 Å². The molecule has 9 atom stereocenters. The highest BCUT2D eigenvalue weighted by Gasteiger charge is 2.69. The maximum Gasteiger partial charge on any atom is 0.308 e. The molecule has 11 nitrogen and oxygen atoms in total. The van der Waals surface area contributed by atoms with Crippen LogP contribution in [0, 0.1) is 35.0 Å². The van der Waals surface area contributed by atoms with Gasteiger partial charge in [-0.15, -0.1) is 0 Å². The summed E-state index contributed by atoms with van der Waals surface area (Å²) in [5, 5.41) is 9.76. The summed E-state index contributed by atoms with van der Waals surface area (Å²) in [6.45, 7) is 6.39. The van der Waals surface area contributed by atoms with Gasteiger partial charge in [0.25, 0.3) is 0 Å². The smallest absolute Gasteiger partial charge is 0.308 e. The summed E-state index contributed by atoms with van der Waals surface area (Å²) in [6, 6.07) is 16.6. The summed E-state index contributed by atoms with van der Waals surface area (Å²) >= 11 is 0. The lowest BCUT2D eigenvalue weighted by Crippen LogP contribution is -2.70. The Hall–Kier alpha value is -3.69. The van der Waals surface area contributed by atoms with Gasteiger partial charge in [0.15, 0.2) is 23.4 Å². The van der Waals surface area contributed by atoms with Crippen LogP contribution in [0.2, 0.25) is 0 Å². The number of rotatable bonds is 10. The van der Waals surface area contributed by atoms with E-state index in [4.69, 9.17) is 38.2 Å². The molecular weight excluding hydrogens is 594 g/mol. The highest BCUT2D eigenvalue weighted by Crippen LogP contribution is 2.60. The van der Waals surface area contributed by atoms with Crippen LogP contribution in [0.25, 0.3) is 0 Å². The minimum atomic E-state index is -1.20. The zero-order chi connectivity index (χ0) is 32.5. The van der Waals surface area contributed by atoms with E-state index in [1.165, 1.54) is 7.11 Å². The molecule has 5 aliphatic rings. The first-order valence-electron chi connectivity index (χ1n) is 16.0. The zero-order valence-corrected chi connectivity index (χ0v) is 26.6. The molecule has 4 saturated heterocycles. The molecule has 246 valence electrons. The first kappa shape index (κ1) is 32.3. The molecule has 0 aromatic heterocycles. The lowest BCUT2D eigenvalue weighted by molar-refractivity contribution is -0.576. The molecule has 1 aliphatic carbocycles. The van der Waals surface area contributed by atoms with Crippen LogP contribution >= 0.6 is 0 Å². The van der Waals surface area contributed by atoms with Crippen LogP contribution in [-0.2, 0) is 44.9 Å². The van der Waals surface area contributed by atoms with E-state index < -0.39 is 42.0 Å². The molecule has 2 bridgehead atoms. The lowest BCUT2D eigenvalue weighted by atomic mass is 9.58. The average Bonchev–Trinajstić information content (AvgIpc) is 3.30. The maximum absolute atomic E-state index is 12.9. The molecule has 0 radical (unpaired) electrons. The molecule has 5 fully saturated rings. The summed E-state index contributed by atoms with van der Waals surface area (Å²) in [7, 11) is 1.49. The summed E-state index contributed by atoms with van der Waals surface area (Å²) in [5.41, 5.74) is 0.642. The Morgan fingerprint density at radius 1 is 1.00 bits per heavy atom. The maximum atomic E-state index is 12.9. The van der Waals surface area contributed by atoms with Gasteiger partial charge in [0.2, 0.25) is 18.2 Å². The number of carbonyl (C=O) groups is 2. The number of ether oxygens (including phenoxy) is 6. The standard InChI is InChI=1S/C35H41NO10/c1-21-10-12-26-22(2)32(43-33-35(26)25(21)16-17-34(3,44-33)45-46-35)42-31(38)15-14-30(37)41-29(19-36)24-11-13-27(28(18-24)39-4)40-20-23-8-6-5-7-9-23/h5-9,11,13,18,21-22,25-26,29,32-33H,10,12,14-17,20H2,1-4H3/t21-,22-,25+,26?,29?,32?,33-,34-,35?/m1/s1. The largest absolute Gasteiger partial charge is 0.493 e. The van der Waals surface area contributed by atoms with E-state index in [9.17, 15) is 14.9 Å². The Morgan fingerprint density at radius 2 is 1.78 bits per heavy atom. The van der Waals surface area contributed by atoms with Crippen LogP contribution in [0.15, 0.2) is 48.5 Å². The molecule has 2 aromatic rings. The molecule has 1 saturated carbocycles. The topological polar surface area (TPSA) is 132 Å². The van der Waals surface area contributed by atoms with Gasteiger partial charge in [-0.25, -0.2) is 9.78 Å². The number of nitrogens with zero attached hydrogens (tertiary/aromatic N) is 1.